The lowest BCUT2D eigenvalue weighted by molar-refractivity contribution is 0.0938. The number of amides is 1. The van der Waals surface area contributed by atoms with Gasteiger partial charge in [0.15, 0.2) is 0 Å². The smallest absolute Gasteiger partial charge is 0.263 e. The van der Waals surface area contributed by atoms with E-state index in [2.05, 4.69) is 33.5 Å². The van der Waals surface area contributed by atoms with Crippen LogP contribution in [0.15, 0.2) is 24.3 Å². The van der Waals surface area contributed by atoms with Crippen molar-refractivity contribution in [1.29, 1.82) is 0 Å². The fraction of sp³-hybridized carbons (Fsp3) is 0.480. The Morgan fingerprint density at radius 2 is 2.12 bits per heavy atom. The molecule has 3 aromatic heterocycles. The number of pyridine rings is 2. The number of aryl methyl sites for hydroxylation is 2. The number of carbonyl (C=O) groups excluding carboxylic acids is 1. The van der Waals surface area contributed by atoms with E-state index in [0.29, 0.717) is 17.1 Å². The first-order valence-corrected chi connectivity index (χ1v) is 12.8. The fourth-order valence-corrected chi connectivity index (χ4v) is 6.16. The number of fused-ring (bicyclic) bond motifs is 2. The van der Waals surface area contributed by atoms with E-state index >= 15 is 0 Å². The molecule has 1 amide bonds. The van der Waals surface area contributed by atoms with Gasteiger partial charge in [0.25, 0.3) is 5.91 Å². The van der Waals surface area contributed by atoms with Crippen LogP contribution >= 0.6 is 11.3 Å². The summed E-state index contributed by atoms with van der Waals surface area (Å²) in [6.07, 6.45) is 2.36. The molecule has 1 aliphatic heterocycles. The molecule has 3 atom stereocenters. The minimum atomic E-state index is -0.319. The number of nitrogens with zero attached hydrogens (tertiary/aromatic N) is 3. The maximum Gasteiger partial charge on any atom is 0.263 e. The molecule has 180 valence electrons. The van der Waals surface area contributed by atoms with Gasteiger partial charge in [0, 0.05) is 47.9 Å². The van der Waals surface area contributed by atoms with Crippen molar-refractivity contribution in [3.8, 4) is 0 Å². The molecular weight excluding hydrogens is 451 g/mol. The minimum Gasteiger partial charge on any atom is -0.397 e. The number of rotatable bonds is 6. The summed E-state index contributed by atoms with van der Waals surface area (Å²) >= 11 is 1.34. The highest BCUT2D eigenvalue weighted by Gasteiger charge is 2.33. The number of nitrogens with two attached hydrogens (primary N) is 1. The van der Waals surface area contributed by atoms with Gasteiger partial charge in [-0.2, -0.15) is 0 Å². The van der Waals surface area contributed by atoms with Gasteiger partial charge in [0.2, 0.25) is 0 Å². The number of likely N-dealkylation sites (N-methyl/N-ethyl adjacent to an activating group) is 1. The third-order valence-electron chi connectivity index (χ3n) is 6.95. The largest absolute Gasteiger partial charge is 0.397 e. The van der Waals surface area contributed by atoms with Gasteiger partial charge >= 0.3 is 0 Å². The third-order valence-corrected chi connectivity index (χ3v) is 8.07. The van der Waals surface area contributed by atoms with Crippen molar-refractivity contribution in [2.45, 2.75) is 45.2 Å². The Hall–Kier alpha value is -2.78. The second-order valence-corrected chi connectivity index (χ2v) is 10.3. The molecule has 3 aromatic rings. The molecule has 0 bridgehead atoms. The molecule has 0 spiro atoms. The summed E-state index contributed by atoms with van der Waals surface area (Å²) in [6.45, 7) is 5.96. The van der Waals surface area contributed by atoms with E-state index in [4.69, 9.17) is 10.7 Å². The van der Waals surface area contributed by atoms with Crippen molar-refractivity contribution >= 4 is 39.0 Å². The number of hydrogen-bond donors (Lipinski definition) is 3. The van der Waals surface area contributed by atoms with E-state index in [0.717, 1.165) is 65.3 Å². The number of nitrogens with one attached hydrogen (secondary N) is 2. The van der Waals surface area contributed by atoms with Crippen LogP contribution in [0.4, 0.5) is 15.9 Å². The lowest BCUT2D eigenvalue weighted by Crippen LogP contribution is -2.39. The number of halogens is 1. The van der Waals surface area contributed by atoms with Gasteiger partial charge in [-0.3, -0.25) is 9.18 Å². The predicted octanol–water partition coefficient (Wildman–Crippen LogP) is 3.25. The zero-order valence-electron chi connectivity index (χ0n) is 19.6. The molecule has 1 fully saturated rings. The molecule has 0 aromatic carbocycles. The Balaban J connectivity index is 1.26. The van der Waals surface area contributed by atoms with Crippen LogP contribution in [0.25, 0.3) is 10.2 Å². The van der Waals surface area contributed by atoms with Gasteiger partial charge in [-0.15, -0.1) is 11.3 Å². The Morgan fingerprint density at radius 1 is 1.26 bits per heavy atom. The highest BCUT2D eigenvalue weighted by molar-refractivity contribution is 7.21. The lowest BCUT2D eigenvalue weighted by atomic mass is 9.91. The summed E-state index contributed by atoms with van der Waals surface area (Å²) in [5.41, 5.74) is 9.90. The highest BCUT2D eigenvalue weighted by atomic mass is 32.1. The average molecular weight is 483 g/mol. The summed E-state index contributed by atoms with van der Waals surface area (Å²) in [7, 11) is 0. The molecule has 5 rings (SSSR count). The van der Waals surface area contributed by atoms with E-state index in [1.165, 1.54) is 11.3 Å². The molecule has 1 aliphatic carbocycles. The van der Waals surface area contributed by atoms with E-state index < -0.39 is 0 Å². The number of alkyl halides is 1. The molecule has 1 saturated heterocycles. The van der Waals surface area contributed by atoms with E-state index in [9.17, 15) is 9.18 Å². The molecular formula is C25H31FN6OS. The number of carbonyl (C=O) groups is 1. The van der Waals surface area contributed by atoms with Crippen LogP contribution in [0.3, 0.4) is 0 Å². The highest BCUT2D eigenvalue weighted by Crippen LogP contribution is 2.33. The van der Waals surface area contributed by atoms with Gasteiger partial charge in [0.1, 0.15) is 15.5 Å². The Morgan fingerprint density at radius 3 is 2.91 bits per heavy atom. The van der Waals surface area contributed by atoms with Crippen molar-refractivity contribution in [2.24, 2.45) is 5.92 Å². The molecule has 7 nitrogen and oxygen atoms in total. The average Bonchev–Trinajstić information content (AvgIpc) is 3.39. The van der Waals surface area contributed by atoms with Crippen molar-refractivity contribution in [3.05, 3.63) is 46.1 Å². The molecule has 9 heteroatoms. The normalized spacial score (nSPS) is 22.2. The molecule has 3 unspecified atom stereocenters. The maximum absolute atomic E-state index is 13.5. The zero-order chi connectivity index (χ0) is 23.8. The SMILES string of the molecule is CCNC1CN(c2ccc3c(n2)CCC(NC(=O)c2sc4nc(C)ccc4c2N)C3)CC1CF. The summed E-state index contributed by atoms with van der Waals surface area (Å²) in [6, 6.07) is 8.18. The number of thiophene rings is 1. The van der Waals surface area contributed by atoms with E-state index in [1.807, 2.05) is 25.1 Å². The first-order chi connectivity index (χ1) is 16.5. The van der Waals surface area contributed by atoms with Crippen LogP contribution < -0.4 is 21.3 Å². The van der Waals surface area contributed by atoms with Crippen LogP contribution in [-0.4, -0.2) is 54.3 Å². The minimum absolute atomic E-state index is 0.00201. The van der Waals surface area contributed by atoms with Crippen LogP contribution in [-0.2, 0) is 12.8 Å². The van der Waals surface area contributed by atoms with Crippen LogP contribution in [0.5, 0.6) is 0 Å². The maximum atomic E-state index is 13.5. The first-order valence-electron chi connectivity index (χ1n) is 12.0. The first kappa shape index (κ1) is 23.0. The van der Waals surface area contributed by atoms with Gasteiger partial charge in [-0.05, 0) is 56.5 Å². The topological polar surface area (TPSA) is 96.2 Å². The Kier molecular flexibility index (Phi) is 6.40. The van der Waals surface area contributed by atoms with Gasteiger partial charge in [-0.1, -0.05) is 13.0 Å². The monoisotopic (exact) mass is 482 g/mol. The molecule has 4 N–H and O–H groups in total. The summed E-state index contributed by atoms with van der Waals surface area (Å²) in [5, 5.41) is 7.40. The number of anilines is 2. The fourth-order valence-electron chi connectivity index (χ4n) is 5.12. The van der Waals surface area contributed by atoms with E-state index in [1.54, 1.807) is 0 Å². The molecule has 0 saturated carbocycles. The number of aromatic nitrogens is 2. The molecule has 4 heterocycles. The Labute approximate surface area is 203 Å². The van der Waals surface area contributed by atoms with Crippen molar-refractivity contribution in [2.75, 3.05) is 36.9 Å². The van der Waals surface area contributed by atoms with Gasteiger partial charge in [-0.25, -0.2) is 9.97 Å². The lowest BCUT2D eigenvalue weighted by Gasteiger charge is -2.26. The van der Waals surface area contributed by atoms with Gasteiger partial charge in [0.05, 0.1) is 12.4 Å². The standard InChI is InChI=1S/C25H31FN6OS/c1-3-28-20-13-32(12-16(20)11-26)21-9-5-15-10-17(6-8-19(15)31-21)30-24(33)23-22(27)18-7-4-14(2)29-25(18)34-23/h4-5,7,9,16-17,20,28H,3,6,8,10-13,27H2,1-2H3,(H,30,33). The predicted molar refractivity (Wildman–Crippen MR) is 135 cm³/mol. The van der Waals surface area contributed by atoms with Crippen LogP contribution in [0, 0.1) is 12.8 Å². The molecule has 34 heavy (non-hydrogen) atoms. The van der Waals surface area contributed by atoms with Crippen LogP contribution in [0.2, 0.25) is 0 Å². The number of hydrogen-bond acceptors (Lipinski definition) is 7. The third kappa shape index (κ3) is 4.34. The van der Waals surface area contributed by atoms with Crippen molar-refractivity contribution in [1.82, 2.24) is 20.6 Å². The summed E-state index contributed by atoms with van der Waals surface area (Å²) < 4.78 is 13.5. The summed E-state index contributed by atoms with van der Waals surface area (Å²) in [4.78, 5) is 25.9. The van der Waals surface area contributed by atoms with Gasteiger partial charge < -0.3 is 21.3 Å². The molecule has 2 aliphatic rings. The number of nitrogen functional groups attached to an aromatic ring is 1. The zero-order valence-corrected chi connectivity index (χ0v) is 20.4. The van der Waals surface area contributed by atoms with Crippen LogP contribution in [0.1, 0.15) is 40.0 Å². The molecule has 0 radical (unpaired) electrons. The van der Waals surface area contributed by atoms with Crippen molar-refractivity contribution in [3.63, 3.8) is 0 Å². The summed E-state index contributed by atoms with van der Waals surface area (Å²) in [5.74, 6) is 0.777. The van der Waals surface area contributed by atoms with Crippen molar-refractivity contribution < 1.29 is 9.18 Å². The Bertz CT molecular complexity index is 1210. The second-order valence-electron chi connectivity index (χ2n) is 9.32. The van der Waals surface area contributed by atoms with E-state index in [-0.39, 0.29) is 30.6 Å². The second kappa shape index (κ2) is 9.46. The quantitative estimate of drug-likeness (QED) is 0.499.